The highest BCUT2D eigenvalue weighted by molar-refractivity contribution is 9.10. The summed E-state index contributed by atoms with van der Waals surface area (Å²) in [6, 6.07) is 14.7. The maximum absolute atomic E-state index is 12.1. The van der Waals surface area contributed by atoms with Crippen molar-refractivity contribution in [3.63, 3.8) is 0 Å². The molecule has 25 heavy (non-hydrogen) atoms. The molecule has 2 aromatic carbocycles. The predicted octanol–water partition coefficient (Wildman–Crippen LogP) is 3.93. The molecule has 0 aromatic heterocycles. The molecule has 1 N–H and O–H groups in total. The van der Waals surface area contributed by atoms with Crippen LogP contribution in [0.1, 0.15) is 12.5 Å². The van der Waals surface area contributed by atoms with Crippen LogP contribution in [0.3, 0.4) is 0 Å². The number of halogens is 1. The summed E-state index contributed by atoms with van der Waals surface area (Å²) in [4.78, 5) is 12.1. The summed E-state index contributed by atoms with van der Waals surface area (Å²) in [5.74, 6) is 0.909. The summed E-state index contributed by atoms with van der Waals surface area (Å²) < 4.78 is 11.9. The lowest BCUT2D eigenvalue weighted by atomic mass is 10.2. The lowest BCUT2D eigenvalue weighted by molar-refractivity contribution is -0.127. The largest absolute Gasteiger partial charge is 0.489 e. The van der Waals surface area contributed by atoms with Crippen LogP contribution >= 0.6 is 15.9 Å². The fourth-order valence-corrected chi connectivity index (χ4v) is 2.29. The van der Waals surface area contributed by atoms with Gasteiger partial charge < -0.3 is 9.47 Å². The standard InChI is InChI=1S/C19H19BrN2O3/c1-3-12-24-17-10-6-4-8-15(17)13-21-22-19(23)14(2)25-18-11-7-5-9-16(18)20/h3-11,13-14H,1,12H2,2H3,(H,22,23)/b21-13-/t14-/m0/s1. The van der Waals surface area contributed by atoms with E-state index < -0.39 is 6.10 Å². The van der Waals surface area contributed by atoms with Gasteiger partial charge in [-0.25, -0.2) is 5.43 Å². The zero-order chi connectivity index (χ0) is 18.1. The first-order valence-electron chi connectivity index (χ1n) is 7.68. The third-order valence-corrected chi connectivity index (χ3v) is 3.82. The molecule has 130 valence electrons. The number of hydrogen-bond acceptors (Lipinski definition) is 4. The number of benzene rings is 2. The molecule has 2 rings (SSSR count). The topological polar surface area (TPSA) is 59.9 Å². The van der Waals surface area contributed by atoms with Gasteiger partial charge in [0.1, 0.15) is 18.1 Å². The Morgan fingerprint density at radius 3 is 2.64 bits per heavy atom. The van der Waals surface area contributed by atoms with E-state index >= 15 is 0 Å². The van der Waals surface area contributed by atoms with Crippen molar-refractivity contribution in [3.05, 3.63) is 71.2 Å². The van der Waals surface area contributed by atoms with E-state index in [0.29, 0.717) is 18.1 Å². The van der Waals surface area contributed by atoms with E-state index in [1.807, 2.05) is 42.5 Å². The van der Waals surface area contributed by atoms with Crippen LogP contribution in [0.5, 0.6) is 11.5 Å². The Labute approximate surface area is 155 Å². The Bertz CT molecular complexity index is 762. The Hall–Kier alpha value is -2.60. The molecule has 0 saturated carbocycles. The summed E-state index contributed by atoms with van der Waals surface area (Å²) in [6.45, 7) is 5.67. The minimum Gasteiger partial charge on any atom is -0.489 e. The molecular formula is C19H19BrN2O3. The number of hydrogen-bond donors (Lipinski definition) is 1. The van der Waals surface area contributed by atoms with Crippen molar-refractivity contribution in [2.75, 3.05) is 6.61 Å². The van der Waals surface area contributed by atoms with Crippen LogP contribution in [0.25, 0.3) is 0 Å². The van der Waals surface area contributed by atoms with Gasteiger partial charge in [-0.2, -0.15) is 5.10 Å². The van der Waals surface area contributed by atoms with Gasteiger partial charge in [0.2, 0.25) is 0 Å². The van der Waals surface area contributed by atoms with Crippen molar-refractivity contribution in [2.45, 2.75) is 13.0 Å². The summed E-state index contributed by atoms with van der Waals surface area (Å²) >= 11 is 3.38. The Morgan fingerprint density at radius 2 is 1.92 bits per heavy atom. The molecular weight excluding hydrogens is 384 g/mol. The van der Waals surface area contributed by atoms with E-state index in [0.717, 1.165) is 10.0 Å². The van der Waals surface area contributed by atoms with Crippen molar-refractivity contribution in [1.29, 1.82) is 0 Å². The molecule has 0 fully saturated rings. The molecule has 1 atom stereocenters. The highest BCUT2D eigenvalue weighted by Gasteiger charge is 2.15. The van der Waals surface area contributed by atoms with Crippen LogP contribution in [0.4, 0.5) is 0 Å². The second-order valence-corrected chi connectivity index (χ2v) is 5.92. The number of carbonyl (C=O) groups is 1. The average Bonchev–Trinajstić information content (AvgIpc) is 2.62. The summed E-state index contributed by atoms with van der Waals surface area (Å²) in [5, 5.41) is 3.97. The lowest BCUT2D eigenvalue weighted by Gasteiger charge is -2.14. The number of hydrazone groups is 1. The van der Waals surface area contributed by atoms with Gasteiger partial charge in [0.15, 0.2) is 6.10 Å². The van der Waals surface area contributed by atoms with Gasteiger partial charge in [0, 0.05) is 5.56 Å². The smallest absolute Gasteiger partial charge is 0.280 e. The second kappa shape index (κ2) is 9.64. The number of amides is 1. The van der Waals surface area contributed by atoms with Gasteiger partial charge in [-0.05, 0) is 47.1 Å². The maximum Gasteiger partial charge on any atom is 0.280 e. The van der Waals surface area contributed by atoms with Crippen molar-refractivity contribution >= 4 is 28.1 Å². The van der Waals surface area contributed by atoms with Gasteiger partial charge in [0.05, 0.1) is 10.7 Å². The minimum absolute atomic E-state index is 0.350. The molecule has 5 nitrogen and oxygen atoms in total. The first-order valence-corrected chi connectivity index (χ1v) is 8.48. The van der Waals surface area contributed by atoms with Crippen LogP contribution in [-0.4, -0.2) is 24.8 Å². The van der Waals surface area contributed by atoms with Crippen LogP contribution in [0, 0.1) is 0 Å². The molecule has 2 aromatic rings. The average molecular weight is 403 g/mol. The van der Waals surface area contributed by atoms with Gasteiger partial charge in [0.25, 0.3) is 5.91 Å². The third-order valence-electron chi connectivity index (χ3n) is 3.16. The van der Waals surface area contributed by atoms with E-state index in [-0.39, 0.29) is 5.91 Å². The summed E-state index contributed by atoms with van der Waals surface area (Å²) in [6.07, 6.45) is 2.50. The zero-order valence-electron chi connectivity index (χ0n) is 13.8. The Kier molecular flexibility index (Phi) is 7.22. The highest BCUT2D eigenvalue weighted by Crippen LogP contribution is 2.24. The van der Waals surface area contributed by atoms with E-state index in [2.05, 4.69) is 33.0 Å². The van der Waals surface area contributed by atoms with Crippen LogP contribution in [0.15, 0.2) is 70.8 Å². The van der Waals surface area contributed by atoms with Gasteiger partial charge in [-0.15, -0.1) is 0 Å². The Balaban J connectivity index is 1.94. The SMILES string of the molecule is C=CCOc1ccccc1/C=N\NC(=O)[C@H](C)Oc1ccccc1Br. The monoisotopic (exact) mass is 402 g/mol. The molecule has 0 saturated heterocycles. The zero-order valence-corrected chi connectivity index (χ0v) is 15.4. The quantitative estimate of drug-likeness (QED) is 0.413. The molecule has 0 aliphatic rings. The minimum atomic E-state index is -0.692. The van der Waals surface area contributed by atoms with Gasteiger partial charge in [-0.1, -0.05) is 36.9 Å². The molecule has 6 heteroatoms. The van der Waals surface area contributed by atoms with Crippen LogP contribution in [0.2, 0.25) is 0 Å². The second-order valence-electron chi connectivity index (χ2n) is 5.06. The number of nitrogens with zero attached hydrogens (tertiary/aromatic N) is 1. The third kappa shape index (κ3) is 5.76. The maximum atomic E-state index is 12.1. The number of rotatable bonds is 8. The first kappa shape index (κ1) is 18.7. The molecule has 0 bridgehead atoms. The van der Waals surface area contributed by atoms with E-state index in [4.69, 9.17) is 9.47 Å². The molecule has 0 unspecified atom stereocenters. The van der Waals surface area contributed by atoms with Crippen molar-refractivity contribution in [2.24, 2.45) is 5.10 Å². The number of carbonyl (C=O) groups excluding carboxylic acids is 1. The highest BCUT2D eigenvalue weighted by atomic mass is 79.9. The molecule has 0 radical (unpaired) electrons. The van der Waals surface area contributed by atoms with Gasteiger partial charge >= 0.3 is 0 Å². The predicted molar refractivity (Wildman–Crippen MR) is 102 cm³/mol. The molecule has 0 spiro atoms. The molecule has 0 aliphatic carbocycles. The van der Waals surface area contributed by atoms with Gasteiger partial charge in [-0.3, -0.25) is 4.79 Å². The normalized spacial score (nSPS) is 11.8. The molecule has 1 amide bonds. The van der Waals surface area contributed by atoms with E-state index in [1.165, 1.54) is 6.21 Å². The van der Waals surface area contributed by atoms with E-state index in [1.54, 1.807) is 19.1 Å². The summed E-state index contributed by atoms with van der Waals surface area (Å²) in [5.41, 5.74) is 3.22. The molecule has 0 heterocycles. The molecule has 0 aliphatic heterocycles. The Morgan fingerprint density at radius 1 is 1.24 bits per heavy atom. The van der Waals surface area contributed by atoms with Crippen LogP contribution in [-0.2, 0) is 4.79 Å². The first-order chi connectivity index (χ1) is 12.1. The van der Waals surface area contributed by atoms with Crippen molar-refractivity contribution < 1.29 is 14.3 Å². The summed E-state index contributed by atoms with van der Waals surface area (Å²) in [7, 11) is 0. The lowest BCUT2D eigenvalue weighted by Crippen LogP contribution is -2.33. The fraction of sp³-hybridized carbons (Fsp3) is 0.158. The fourth-order valence-electron chi connectivity index (χ4n) is 1.91. The van der Waals surface area contributed by atoms with Crippen LogP contribution < -0.4 is 14.9 Å². The van der Waals surface area contributed by atoms with Crippen molar-refractivity contribution in [1.82, 2.24) is 5.43 Å². The number of ether oxygens (including phenoxy) is 2. The number of nitrogens with one attached hydrogen (secondary N) is 1. The number of para-hydroxylation sites is 2. The van der Waals surface area contributed by atoms with E-state index in [9.17, 15) is 4.79 Å². The van der Waals surface area contributed by atoms with Crippen molar-refractivity contribution in [3.8, 4) is 11.5 Å².